The molecule has 0 saturated carbocycles. The number of hydrogen-bond donors (Lipinski definition) is 2. The number of aromatic nitrogens is 1. The van der Waals surface area contributed by atoms with Crippen LogP contribution in [0.3, 0.4) is 0 Å². The molecule has 1 aromatic heterocycles. The maximum absolute atomic E-state index is 12.4. The molecule has 0 radical (unpaired) electrons. The summed E-state index contributed by atoms with van der Waals surface area (Å²) < 4.78 is 37.5. The van der Waals surface area contributed by atoms with Gasteiger partial charge in [0.1, 0.15) is 5.76 Å². The van der Waals surface area contributed by atoms with E-state index in [0.29, 0.717) is 43.4 Å². The molecule has 146 valence electrons. The maximum Gasteiger partial charge on any atom is 0.256 e. The molecule has 10 heteroatoms. The molecule has 2 heterocycles. The number of ether oxygens (including phenoxy) is 1. The van der Waals surface area contributed by atoms with Gasteiger partial charge in [-0.05, 0) is 31.2 Å². The smallest absolute Gasteiger partial charge is 0.256 e. The predicted molar refractivity (Wildman–Crippen MR) is 98.1 cm³/mol. The van der Waals surface area contributed by atoms with Crippen LogP contribution in [0, 0.1) is 6.92 Å². The second-order valence-corrected chi connectivity index (χ2v) is 7.92. The molecule has 3 rings (SSSR count). The SMILES string of the molecule is Cc1cc(NC(=O)c2ccc(S(=O)(=O)NCCN3CCOCC3)cc2)no1. The molecule has 27 heavy (non-hydrogen) atoms. The quantitative estimate of drug-likeness (QED) is 0.715. The number of nitrogens with zero attached hydrogens (tertiary/aromatic N) is 2. The van der Waals surface area contributed by atoms with E-state index < -0.39 is 15.9 Å². The van der Waals surface area contributed by atoms with Crippen molar-refractivity contribution >= 4 is 21.7 Å². The Balaban J connectivity index is 1.55. The number of rotatable bonds is 7. The zero-order chi connectivity index (χ0) is 19.3. The summed E-state index contributed by atoms with van der Waals surface area (Å²) in [5.41, 5.74) is 0.322. The lowest BCUT2D eigenvalue weighted by Crippen LogP contribution is -2.41. The third-order valence-corrected chi connectivity index (χ3v) is 5.60. The summed E-state index contributed by atoms with van der Waals surface area (Å²) >= 11 is 0. The topological polar surface area (TPSA) is 114 Å². The molecule has 9 nitrogen and oxygen atoms in total. The number of sulfonamides is 1. The van der Waals surface area contributed by atoms with Crippen molar-refractivity contribution in [3.8, 4) is 0 Å². The van der Waals surface area contributed by atoms with Crippen LogP contribution in [0.1, 0.15) is 16.1 Å². The van der Waals surface area contributed by atoms with Crippen LogP contribution in [0.4, 0.5) is 5.82 Å². The van der Waals surface area contributed by atoms with Crippen molar-refractivity contribution in [2.45, 2.75) is 11.8 Å². The summed E-state index contributed by atoms with van der Waals surface area (Å²) in [5.74, 6) is 0.487. The zero-order valence-electron chi connectivity index (χ0n) is 15.0. The average molecular weight is 394 g/mol. The molecule has 0 unspecified atom stereocenters. The van der Waals surface area contributed by atoms with E-state index in [9.17, 15) is 13.2 Å². The van der Waals surface area contributed by atoms with Gasteiger partial charge < -0.3 is 14.6 Å². The fourth-order valence-electron chi connectivity index (χ4n) is 2.65. The van der Waals surface area contributed by atoms with Crippen LogP contribution in [0.25, 0.3) is 0 Å². The van der Waals surface area contributed by atoms with Crippen molar-refractivity contribution in [2.24, 2.45) is 0 Å². The lowest BCUT2D eigenvalue weighted by atomic mass is 10.2. The number of hydrogen-bond acceptors (Lipinski definition) is 7. The fourth-order valence-corrected chi connectivity index (χ4v) is 3.67. The monoisotopic (exact) mass is 394 g/mol. The zero-order valence-corrected chi connectivity index (χ0v) is 15.8. The standard InChI is InChI=1S/C17H22N4O5S/c1-13-12-16(20-26-13)19-17(22)14-2-4-15(5-3-14)27(23,24)18-6-7-21-8-10-25-11-9-21/h2-5,12,18H,6-11H2,1H3,(H,19,20,22). The van der Waals surface area contributed by atoms with Crippen molar-refractivity contribution in [1.82, 2.24) is 14.8 Å². The van der Waals surface area contributed by atoms with E-state index in [2.05, 4.69) is 20.1 Å². The summed E-state index contributed by atoms with van der Waals surface area (Å²) in [6.45, 7) is 5.60. The Labute approximate surface area is 157 Å². The maximum atomic E-state index is 12.4. The molecule has 1 fully saturated rings. The highest BCUT2D eigenvalue weighted by Gasteiger charge is 2.16. The summed E-state index contributed by atoms with van der Waals surface area (Å²) in [6, 6.07) is 7.31. The number of carbonyl (C=O) groups is 1. The van der Waals surface area contributed by atoms with Crippen molar-refractivity contribution in [1.29, 1.82) is 0 Å². The highest BCUT2D eigenvalue weighted by Crippen LogP contribution is 2.13. The third kappa shape index (κ3) is 5.36. The van der Waals surface area contributed by atoms with Crippen LogP contribution < -0.4 is 10.0 Å². The summed E-state index contributed by atoms with van der Waals surface area (Å²) in [6.07, 6.45) is 0. The van der Waals surface area contributed by atoms with Crippen LogP contribution in [-0.2, 0) is 14.8 Å². The predicted octanol–water partition coefficient (Wildman–Crippen LogP) is 0.846. The second-order valence-electron chi connectivity index (χ2n) is 6.15. The van der Waals surface area contributed by atoms with Gasteiger partial charge in [0.2, 0.25) is 10.0 Å². The van der Waals surface area contributed by atoms with E-state index in [1.54, 1.807) is 13.0 Å². The molecule has 0 atom stereocenters. The molecule has 1 aliphatic rings. The number of nitrogens with one attached hydrogen (secondary N) is 2. The minimum Gasteiger partial charge on any atom is -0.379 e. The van der Waals surface area contributed by atoms with Crippen LogP contribution in [0.2, 0.25) is 0 Å². The number of carbonyl (C=O) groups excluding carboxylic acids is 1. The number of amides is 1. The molecule has 1 aromatic carbocycles. The Morgan fingerprint density at radius 1 is 1.22 bits per heavy atom. The lowest BCUT2D eigenvalue weighted by Gasteiger charge is -2.26. The highest BCUT2D eigenvalue weighted by molar-refractivity contribution is 7.89. The average Bonchev–Trinajstić information content (AvgIpc) is 3.07. The van der Waals surface area contributed by atoms with Gasteiger partial charge in [-0.3, -0.25) is 9.69 Å². The minimum atomic E-state index is -3.63. The van der Waals surface area contributed by atoms with Gasteiger partial charge in [-0.25, -0.2) is 13.1 Å². The Morgan fingerprint density at radius 2 is 1.93 bits per heavy atom. The van der Waals surface area contributed by atoms with E-state index in [1.807, 2.05) is 0 Å². The molecule has 0 aliphatic carbocycles. The van der Waals surface area contributed by atoms with Gasteiger partial charge >= 0.3 is 0 Å². The lowest BCUT2D eigenvalue weighted by molar-refractivity contribution is 0.0390. The largest absolute Gasteiger partial charge is 0.379 e. The van der Waals surface area contributed by atoms with Crippen LogP contribution in [0.15, 0.2) is 39.8 Å². The van der Waals surface area contributed by atoms with E-state index in [-0.39, 0.29) is 4.90 Å². The van der Waals surface area contributed by atoms with Gasteiger partial charge in [0, 0.05) is 37.8 Å². The van der Waals surface area contributed by atoms with Gasteiger partial charge in [-0.1, -0.05) is 5.16 Å². The Morgan fingerprint density at radius 3 is 2.56 bits per heavy atom. The molecule has 0 spiro atoms. The van der Waals surface area contributed by atoms with Gasteiger partial charge in [0.25, 0.3) is 5.91 Å². The molecular formula is C17H22N4O5S. The summed E-state index contributed by atoms with van der Waals surface area (Å²) in [5, 5.41) is 6.27. The molecule has 2 aromatic rings. The number of aryl methyl sites for hydroxylation is 1. The van der Waals surface area contributed by atoms with E-state index in [4.69, 9.17) is 9.26 Å². The molecule has 1 aliphatic heterocycles. The third-order valence-electron chi connectivity index (χ3n) is 4.12. The molecule has 1 amide bonds. The summed E-state index contributed by atoms with van der Waals surface area (Å²) in [7, 11) is -3.63. The van der Waals surface area contributed by atoms with Gasteiger partial charge in [-0.15, -0.1) is 0 Å². The van der Waals surface area contributed by atoms with Crippen molar-refractivity contribution in [3.05, 3.63) is 41.7 Å². The van der Waals surface area contributed by atoms with E-state index >= 15 is 0 Å². The van der Waals surface area contributed by atoms with Crippen LogP contribution >= 0.6 is 0 Å². The van der Waals surface area contributed by atoms with Crippen molar-refractivity contribution in [2.75, 3.05) is 44.7 Å². The first kappa shape index (κ1) is 19.5. The van der Waals surface area contributed by atoms with Gasteiger partial charge in [0.15, 0.2) is 5.82 Å². The Kier molecular flexibility index (Phi) is 6.22. The number of morpholine rings is 1. The van der Waals surface area contributed by atoms with Crippen LogP contribution in [0.5, 0.6) is 0 Å². The van der Waals surface area contributed by atoms with Crippen molar-refractivity contribution in [3.63, 3.8) is 0 Å². The van der Waals surface area contributed by atoms with E-state index in [1.165, 1.54) is 24.3 Å². The Bertz CT molecular complexity index is 873. The normalized spacial score (nSPS) is 15.6. The first-order chi connectivity index (χ1) is 12.9. The fraction of sp³-hybridized carbons (Fsp3) is 0.412. The van der Waals surface area contributed by atoms with Crippen molar-refractivity contribution < 1.29 is 22.5 Å². The highest BCUT2D eigenvalue weighted by atomic mass is 32.2. The number of anilines is 1. The molecule has 0 bridgehead atoms. The van der Waals surface area contributed by atoms with E-state index in [0.717, 1.165) is 13.1 Å². The molecule has 1 saturated heterocycles. The first-order valence-electron chi connectivity index (χ1n) is 8.58. The second kappa shape index (κ2) is 8.61. The first-order valence-corrected chi connectivity index (χ1v) is 10.1. The van der Waals surface area contributed by atoms with Gasteiger partial charge in [-0.2, -0.15) is 0 Å². The number of benzene rings is 1. The molecule has 2 N–H and O–H groups in total. The minimum absolute atomic E-state index is 0.110. The Hall–Kier alpha value is -2.27. The van der Waals surface area contributed by atoms with Gasteiger partial charge in [0.05, 0.1) is 18.1 Å². The summed E-state index contributed by atoms with van der Waals surface area (Å²) in [4.78, 5) is 14.4. The van der Waals surface area contributed by atoms with Crippen LogP contribution in [-0.4, -0.2) is 63.8 Å². The molecular weight excluding hydrogens is 372 g/mol.